The fourth-order valence-corrected chi connectivity index (χ4v) is 2.89. The van der Waals surface area contributed by atoms with Crippen LogP contribution in [-0.4, -0.2) is 12.6 Å². The summed E-state index contributed by atoms with van der Waals surface area (Å²) >= 11 is 7.68. The highest BCUT2D eigenvalue weighted by Gasteiger charge is 2.19. The van der Waals surface area contributed by atoms with Gasteiger partial charge < -0.3 is 5.32 Å². The van der Waals surface area contributed by atoms with Gasteiger partial charge in [-0.15, -0.1) is 11.3 Å². The molecule has 0 saturated carbocycles. The molecule has 1 aromatic heterocycles. The molecule has 1 atom stereocenters. The molecule has 1 nitrogen and oxygen atoms in total. The summed E-state index contributed by atoms with van der Waals surface area (Å²) in [5.41, 5.74) is 1.27. The molecule has 0 fully saturated rings. The van der Waals surface area contributed by atoms with Crippen LogP contribution in [0, 0.1) is 5.92 Å². The van der Waals surface area contributed by atoms with Crippen molar-refractivity contribution in [2.45, 2.75) is 39.7 Å². The lowest BCUT2D eigenvalue weighted by Gasteiger charge is -2.23. The van der Waals surface area contributed by atoms with Crippen molar-refractivity contribution in [1.29, 1.82) is 0 Å². The van der Waals surface area contributed by atoms with Crippen molar-refractivity contribution in [3.05, 3.63) is 33.5 Å². The third-order valence-electron chi connectivity index (χ3n) is 2.86. The van der Waals surface area contributed by atoms with Crippen LogP contribution in [0.5, 0.6) is 0 Å². The number of rotatable bonds is 6. The summed E-state index contributed by atoms with van der Waals surface area (Å²) in [7, 11) is 0. The van der Waals surface area contributed by atoms with Crippen molar-refractivity contribution in [1.82, 2.24) is 5.32 Å². The summed E-state index contributed by atoms with van der Waals surface area (Å²) in [5.74, 6) is 0.865. The molecule has 0 aliphatic heterocycles. The van der Waals surface area contributed by atoms with Gasteiger partial charge in [-0.05, 0) is 18.1 Å². The minimum Gasteiger partial charge on any atom is -0.314 e. The molecule has 1 rings (SSSR count). The average molecular weight is 272 g/mol. The lowest BCUT2D eigenvalue weighted by molar-refractivity contribution is 0.539. The van der Waals surface area contributed by atoms with E-state index >= 15 is 0 Å². The molecule has 0 aliphatic rings. The smallest absolute Gasteiger partial charge is 0.0931 e. The average Bonchev–Trinajstić information content (AvgIpc) is 2.64. The Balaban J connectivity index is 2.82. The van der Waals surface area contributed by atoms with Crippen LogP contribution >= 0.6 is 22.9 Å². The van der Waals surface area contributed by atoms with Gasteiger partial charge in [-0.25, -0.2) is 0 Å². The number of hydrogen-bond acceptors (Lipinski definition) is 2. The maximum absolute atomic E-state index is 6.02. The lowest BCUT2D eigenvalue weighted by atomic mass is 9.90. The van der Waals surface area contributed by atoms with Crippen LogP contribution in [0.3, 0.4) is 0 Å². The van der Waals surface area contributed by atoms with Crippen molar-refractivity contribution < 1.29 is 0 Å². The zero-order valence-corrected chi connectivity index (χ0v) is 12.7. The van der Waals surface area contributed by atoms with E-state index in [1.807, 2.05) is 6.07 Å². The molecule has 17 heavy (non-hydrogen) atoms. The number of thiophene rings is 1. The van der Waals surface area contributed by atoms with Crippen LogP contribution < -0.4 is 5.32 Å². The van der Waals surface area contributed by atoms with Gasteiger partial charge >= 0.3 is 0 Å². The summed E-state index contributed by atoms with van der Waals surface area (Å²) in [4.78, 5) is 1.31. The van der Waals surface area contributed by atoms with Crippen molar-refractivity contribution >= 4 is 22.9 Å². The van der Waals surface area contributed by atoms with Gasteiger partial charge in [0.1, 0.15) is 0 Å². The molecular weight excluding hydrogens is 250 g/mol. The first-order valence-electron chi connectivity index (χ1n) is 6.09. The van der Waals surface area contributed by atoms with E-state index in [1.54, 1.807) is 11.3 Å². The third kappa shape index (κ3) is 4.46. The Bertz CT molecular complexity index is 368. The molecule has 0 amide bonds. The first-order chi connectivity index (χ1) is 7.91. The number of nitrogens with one attached hydrogen (secondary N) is 1. The topological polar surface area (TPSA) is 12.0 Å². The fourth-order valence-electron chi connectivity index (χ4n) is 1.69. The standard InChI is InChI=1S/C14H22ClNS/c1-9(2)11(5)12(8-16-10(3)4)13-6-7-14(15)17-13/h6-7,9-10,12,16H,5,8H2,1-4H3/t12-/m0/s1. The first-order valence-corrected chi connectivity index (χ1v) is 7.28. The highest BCUT2D eigenvalue weighted by Crippen LogP contribution is 2.34. The van der Waals surface area contributed by atoms with Gasteiger partial charge in [0.15, 0.2) is 0 Å². The Kier molecular flexibility index (Phi) is 5.71. The Morgan fingerprint density at radius 3 is 2.41 bits per heavy atom. The predicted molar refractivity (Wildman–Crippen MR) is 79.2 cm³/mol. The van der Waals surface area contributed by atoms with Crippen LogP contribution in [0.1, 0.15) is 38.5 Å². The van der Waals surface area contributed by atoms with E-state index < -0.39 is 0 Å². The van der Waals surface area contributed by atoms with Crippen LogP contribution in [-0.2, 0) is 0 Å². The van der Waals surface area contributed by atoms with Crippen LogP contribution in [0.15, 0.2) is 24.3 Å². The van der Waals surface area contributed by atoms with E-state index in [9.17, 15) is 0 Å². The molecule has 0 bridgehead atoms. The summed E-state index contributed by atoms with van der Waals surface area (Å²) < 4.78 is 0.853. The Hall–Kier alpha value is -0.310. The van der Waals surface area contributed by atoms with Gasteiger partial charge in [-0.3, -0.25) is 0 Å². The Morgan fingerprint density at radius 1 is 1.35 bits per heavy atom. The SMILES string of the molecule is C=C(C(C)C)[C@H](CNC(C)C)c1ccc(Cl)s1. The van der Waals surface area contributed by atoms with E-state index in [2.05, 4.69) is 45.7 Å². The molecule has 96 valence electrons. The van der Waals surface area contributed by atoms with Gasteiger partial charge in [0.25, 0.3) is 0 Å². The predicted octanol–water partition coefficient (Wildman–Crippen LogP) is 4.70. The molecule has 0 aliphatic carbocycles. The Labute approximate surface area is 114 Å². The second-order valence-electron chi connectivity index (χ2n) is 4.99. The van der Waals surface area contributed by atoms with E-state index in [0.29, 0.717) is 17.9 Å². The highest BCUT2D eigenvalue weighted by molar-refractivity contribution is 7.16. The second kappa shape index (κ2) is 6.58. The van der Waals surface area contributed by atoms with Gasteiger partial charge in [-0.2, -0.15) is 0 Å². The van der Waals surface area contributed by atoms with E-state index in [-0.39, 0.29) is 0 Å². The normalized spacial score (nSPS) is 13.4. The second-order valence-corrected chi connectivity index (χ2v) is 6.73. The molecule has 3 heteroatoms. The van der Waals surface area contributed by atoms with Crippen LogP contribution in [0.4, 0.5) is 0 Å². The number of hydrogen-bond donors (Lipinski definition) is 1. The maximum atomic E-state index is 6.02. The molecule has 0 unspecified atom stereocenters. The molecule has 0 radical (unpaired) electrons. The molecule has 0 aromatic carbocycles. The maximum Gasteiger partial charge on any atom is 0.0931 e. The first kappa shape index (κ1) is 14.7. The zero-order valence-electron chi connectivity index (χ0n) is 11.1. The summed E-state index contributed by atoms with van der Waals surface area (Å²) in [6, 6.07) is 4.58. The largest absolute Gasteiger partial charge is 0.314 e. The minimum atomic E-state index is 0.370. The monoisotopic (exact) mass is 271 g/mol. The molecule has 1 aromatic rings. The Morgan fingerprint density at radius 2 is 2.00 bits per heavy atom. The summed E-state index contributed by atoms with van der Waals surface area (Å²) in [6.45, 7) is 13.9. The molecule has 1 heterocycles. The highest BCUT2D eigenvalue weighted by atomic mass is 35.5. The molecule has 1 N–H and O–H groups in total. The number of halogens is 1. The van der Waals surface area contributed by atoms with Gasteiger partial charge in [0.2, 0.25) is 0 Å². The fraction of sp³-hybridized carbons (Fsp3) is 0.571. The van der Waals surface area contributed by atoms with Crippen molar-refractivity contribution in [3.8, 4) is 0 Å². The van der Waals surface area contributed by atoms with E-state index in [1.165, 1.54) is 10.5 Å². The van der Waals surface area contributed by atoms with Gasteiger partial charge in [0, 0.05) is 23.4 Å². The van der Waals surface area contributed by atoms with E-state index in [4.69, 9.17) is 11.6 Å². The van der Waals surface area contributed by atoms with Crippen molar-refractivity contribution in [2.24, 2.45) is 5.92 Å². The minimum absolute atomic E-state index is 0.370. The molecule has 0 spiro atoms. The quantitative estimate of drug-likeness (QED) is 0.740. The third-order valence-corrected chi connectivity index (χ3v) is 4.20. The lowest BCUT2D eigenvalue weighted by Crippen LogP contribution is -2.29. The summed E-state index contributed by atoms with van der Waals surface area (Å²) in [6.07, 6.45) is 0. The van der Waals surface area contributed by atoms with Crippen molar-refractivity contribution in [3.63, 3.8) is 0 Å². The van der Waals surface area contributed by atoms with Gasteiger partial charge in [-0.1, -0.05) is 51.4 Å². The van der Waals surface area contributed by atoms with Gasteiger partial charge in [0.05, 0.1) is 4.34 Å². The molecular formula is C14H22ClNS. The van der Waals surface area contributed by atoms with Crippen LogP contribution in [0.2, 0.25) is 4.34 Å². The van der Waals surface area contributed by atoms with Crippen LogP contribution in [0.25, 0.3) is 0 Å². The zero-order chi connectivity index (χ0) is 13.0. The van der Waals surface area contributed by atoms with Crippen molar-refractivity contribution in [2.75, 3.05) is 6.54 Å². The summed E-state index contributed by atoms with van der Waals surface area (Å²) in [5, 5.41) is 3.49. The van der Waals surface area contributed by atoms with E-state index in [0.717, 1.165) is 10.9 Å². The molecule has 0 saturated heterocycles.